The summed E-state index contributed by atoms with van der Waals surface area (Å²) in [7, 11) is 0. The molecule has 0 amide bonds. The molecule has 7 aromatic carbocycles. The van der Waals surface area contributed by atoms with E-state index in [2.05, 4.69) is 149 Å². The number of hydrogen-bond acceptors (Lipinski definition) is 3. The van der Waals surface area contributed by atoms with Crippen LogP contribution in [0.3, 0.4) is 0 Å². The van der Waals surface area contributed by atoms with Gasteiger partial charge in [-0.1, -0.05) is 146 Å². The molecule has 3 aromatic heterocycles. The van der Waals surface area contributed by atoms with Crippen LogP contribution in [0.5, 0.6) is 0 Å². The summed E-state index contributed by atoms with van der Waals surface area (Å²) in [6, 6.07) is 61.8. The number of nitrogens with zero attached hydrogens (tertiary/aromatic N) is 4. The maximum absolute atomic E-state index is 5.33. The summed E-state index contributed by atoms with van der Waals surface area (Å²) in [4.78, 5) is 15.0. The molecule has 0 fully saturated rings. The van der Waals surface area contributed by atoms with Crippen molar-refractivity contribution in [2.24, 2.45) is 0 Å². The molecule has 0 unspecified atom stereocenters. The molecule has 10 rings (SSSR count). The maximum Gasteiger partial charge on any atom is 0.160 e. The Bertz CT molecular complexity index is 2780. The van der Waals surface area contributed by atoms with Crippen molar-refractivity contribution in [1.29, 1.82) is 0 Å². The van der Waals surface area contributed by atoms with Crippen LogP contribution in [0.25, 0.3) is 94.2 Å². The molecule has 0 bridgehead atoms. The van der Waals surface area contributed by atoms with E-state index >= 15 is 0 Å². The molecule has 0 aliphatic rings. The van der Waals surface area contributed by atoms with Crippen molar-refractivity contribution in [3.63, 3.8) is 0 Å². The third-order valence-corrected chi connectivity index (χ3v) is 9.86. The Morgan fingerprint density at radius 3 is 1.43 bits per heavy atom. The molecule has 0 radical (unpaired) electrons. The summed E-state index contributed by atoms with van der Waals surface area (Å²) in [5, 5.41) is 7.10. The van der Waals surface area contributed by atoms with Crippen molar-refractivity contribution in [2.75, 3.05) is 0 Å². The minimum Gasteiger partial charge on any atom is -0.308 e. The van der Waals surface area contributed by atoms with E-state index in [0.717, 1.165) is 50.1 Å². The van der Waals surface area contributed by atoms with Gasteiger partial charge in [-0.15, -0.1) is 0 Å². The summed E-state index contributed by atoms with van der Waals surface area (Å²) >= 11 is 0. The van der Waals surface area contributed by atoms with Crippen LogP contribution in [0.15, 0.2) is 182 Å². The summed E-state index contributed by atoms with van der Waals surface area (Å²) in [5.74, 6) is 0.691. The SMILES string of the molecule is c1ccc(-c2nc(-c3ccc(-c4ccccn4)cc3)cc(-c3c4ccccc4c(-n4c5ccccc5c5ccccc54)c4ccccc34)n2)cc1. The van der Waals surface area contributed by atoms with E-state index in [4.69, 9.17) is 9.97 Å². The fourth-order valence-electron chi connectivity index (χ4n) is 7.57. The standard InChI is InChI=1S/C47H30N4/c1-2-14-33(15-3-1)47-49-41(32-27-25-31(26-28-32)40-22-12-13-29-48-40)30-42(50-47)45-36-18-4-6-20-38(36)46(39-21-7-5-19-37(39)45)51-43-23-10-8-16-34(43)35-17-9-11-24-44(35)51/h1-30H. The van der Waals surface area contributed by atoms with Gasteiger partial charge in [0.2, 0.25) is 0 Å². The monoisotopic (exact) mass is 650 g/mol. The fourth-order valence-corrected chi connectivity index (χ4v) is 7.57. The van der Waals surface area contributed by atoms with E-state index in [9.17, 15) is 0 Å². The third kappa shape index (κ3) is 4.80. The van der Waals surface area contributed by atoms with Gasteiger partial charge in [0.05, 0.1) is 33.8 Å². The van der Waals surface area contributed by atoms with Gasteiger partial charge < -0.3 is 4.57 Å². The fraction of sp³-hybridized carbons (Fsp3) is 0. The summed E-state index contributed by atoms with van der Waals surface area (Å²) in [6.45, 7) is 0. The molecule has 51 heavy (non-hydrogen) atoms. The zero-order valence-electron chi connectivity index (χ0n) is 27.6. The predicted octanol–water partition coefficient (Wildman–Crippen LogP) is 11.9. The van der Waals surface area contributed by atoms with Crippen LogP contribution in [0.4, 0.5) is 0 Å². The Labute approximate surface area is 295 Å². The van der Waals surface area contributed by atoms with E-state index in [1.54, 1.807) is 0 Å². The van der Waals surface area contributed by atoms with Gasteiger partial charge in [0.1, 0.15) is 0 Å². The van der Waals surface area contributed by atoms with Crippen LogP contribution in [-0.4, -0.2) is 19.5 Å². The van der Waals surface area contributed by atoms with Crippen molar-refractivity contribution in [2.45, 2.75) is 0 Å². The van der Waals surface area contributed by atoms with Gasteiger partial charge in [0.15, 0.2) is 5.82 Å². The molecule has 4 heteroatoms. The number of benzene rings is 7. The van der Waals surface area contributed by atoms with E-state index < -0.39 is 0 Å². The van der Waals surface area contributed by atoms with E-state index in [1.807, 2.05) is 42.6 Å². The quantitative estimate of drug-likeness (QED) is 0.174. The molecule has 0 atom stereocenters. The summed E-state index contributed by atoms with van der Waals surface area (Å²) in [6.07, 6.45) is 1.83. The van der Waals surface area contributed by atoms with Crippen molar-refractivity contribution in [1.82, 2.24) is 19.5 Å². The Morgan fingerprint density at radius 1 is 0.353 bits per heavy atom. The second kappa shape index (κ2) is 11.9. The van der Waals surface area contributed by atoms with E-state index in [-0.39, 0.29) is 0 Å². The van der Waals surface area contributed by atoms with E-state index in [0.29, 0.717) is 5.82 Å². The Hall–Kier alpha value is -6.91. The molecular formula is C47H30N4. The number of pyridine rings is 1. The van der Waals surface area contributed by atoms with Crippen LogP contribution >= 0.6 is 0 Å². The highest BCUT2D eigenvalue weighted by molar-refractivity contribution is 6.20. The highest BCUT2D eigenvalue weighted by Gasteiger charge is 2.22. The molecule has 0 saturated carbocycles. The Morgan fingerprint density at radius 2 is 0.843 bits per heavy atom. The maximum atomic E-state index is 5.33. The first-order chi connectivity index (χ1) is 25.3. The van der Waals surface area contributed by atoms with Gasteiger partial charge in [0, 0.05) is 50.0 Å². The Kier molecular flexibility index (Phi) is 6.78. The molecule has 3 heterocycles. The number of aromatic nitrogens is 4. The van der Waals surface area contributed by atoms with Crippen LogP contribution in [-0.2, 0) is 0 Å². The molecule has 0 N–H and O–H groups in total. The molecule has 0 aliphatic carbocycles. The lowest BCUT2D eigenvalue weighted by Crippen LogP contribution is -2.01. The van der Waals surface area contributed by atoms with Gasteiger partial charge in [-0.3, -0.25) is 4.98 Å². The predicted molar refractivity (Wildman–Crippen MR) is 211 cm³/mol. The van der Waals surface area contributed by atoms with Crippen molar-refractivity contribution >= 4 is 43.4 Å². The van der Waals surface area contributed by atoms with Gasteiger partial charge in [0.25, 0.3) is 0 Å². The average molecular weight is 651 g/mol. The minimum atomic E-state index is 0.691. The lowest BCUT2D eigenvalue weighted by Gasteiger charge is -2.19. The molecule has 0 aliphatic heterocycles. The number of para-hydroxylation sites is 2. The second-order valence-corrected chi connectivity index (χ2v) is 12.8. The van der Waals surface area contributed by atoms with Gasteiger partial charge in [-0.2, -0.15) is 0 Å². The molecule has 0 spiro atoms. The number of hydrogen-bond donors (Lipinski definition) is 0. The minimum absolute atomic E-state index is 0.691. The first-order valence-electron chi connectivity index (χ1n) is 17.2. The largest absolute Gasteiger partial charge is 0.308 e. The van der Waals surface area contributed by atoms with Crippen LogP contribution < -0.4 is 0 Å². The van der Waals surface area contributed by atoms with Crippen molar-refractivity contribution < 1.29 is 0 Å². The average Bonchev–Trinajstić information content (AvgIpc) is 3.54. The molecule has 10 aromatic rings. The summed E-state index contributed by atoms with van der Waals surface area (Å²) in [5.41, 5.74) is 10.4. The van der Waals surface area contributed by atoms with Gasteiger partial charge >= 0.3 is 0 Å². The molecule has 238 valence electrons. The topological polar surface area (TPSA) is 43.6 Å². The molecule has 4 nitrogen and oxygen atoms in total. The van der Waals surface area contributed by atoms with Crippen LogP contribution in [0.1, 0.15) is 0 Å². The first kappa shape index (κ1) is 29.0. The lowest BCUT2D eigenvalue weighted by atomic mass is 9.92. The van der Waals surface area contributed by atoms with Crippen molar-refractivity contribution in [3.8, 4) is 50.8 Å². The zero-order chi connectivity index (χ0) is 33.7. The third-order valence-electron chi connectivity index (χ3n) is 9.86. The normalized spacial score (nSPS) is 11.5. The zero-order valence-corrected chi connectivity index (χ0v) is 27.6. The number of rotatable bonds is 5. The highest BCUT2D eigenvalue weighted by Crippen LogP contribution is 2.44. The number of fused-ring (bicyclic) bond motifs is 5. The van der Waals surface area contributed by atoms with E-state index in [1.165, 1.54) is 38.3 Å². The van der Waals surface area contributed by atoms with Gasteiger partial charge in [-0.25, -0.2) is 9.97 Å². The highest BCUT2D eigenvalue weighted by atomic mass is 15.0. The summed E-state index contributed by atoms with van der Waals surface area (Å²) < 4.78 is 2.45. The van der Waals surface area contributed by atoms with Crippen LogP contribution in [0.2, 0.25) is 0 Å². The second-order valence-electron chi connectivity index (χ2n) is 12.8. The Balaban J connectivity index is 1.26. The lowest BCUT2D eigenvalue weighted by molar-refractivity contribution is 1.18. The molecule has 0 saturated heterocycles. The van der Waals surface area contributed by atoms with Gasteiger partial charge in [-0.05, 0) is 41.1 Å². The van der Waals surface area contributed by atoms with Crippen LogP contribution in [0, 0.1) is 0 Å². The van der Waals surface area contributed by atoms with Crippen molar-refractivity contribution in [3.05, 3.63) is 182 Å². The first-order valence-corrected chi connectivity index (χ1v) is 17.2. The smallest absolute Gasteiger partial charge is 0.160 e. The molecular weight excluding hydrogens is 621 g/mol.